The normalized spacial score (nSPS) is 0. The molecule has 0 saturated carbocycles. The van der Waals surface area contributed by atoms with Crippen LogP contribution in [0, 0.1) is 0 Å². The fourth-order valence-electron chi connectivity index (χ4n) is 0. The molecule has 0 spiro atoms. The monoisotopic (exact) mass is 496 g/mol. The minimum atomic E-state index is 0. The first kappa shape index (κ1) is 47.0. The van der Waals surface area contributed by atoms with Gasteiger partial charge in [0.2, 0.25) is 0 Å². The quantitative estimate of drug-likeness (QED) is 0.375. The van der Waals surface area contributed by atoms with E-state index < -0.39 is 0 Å². The summed E-state index contributed by atoms with van der Waals surface area (Å²) in [6.07, 6.45) is 0. The Balaban J connectivity index is 0. The smallest absolute Gasteiger partial charge is 2.00 e. The van der Waals surface area contributed by atoms with Gasteiger partial charge in [0.25, 0.3) is 0 Å². The van der Waals surface area contributed by atoms with Crippen LogP contribution in [0.5, 0.6) is 0 Å². The van der Waals surface area contributed by atoms with E-state index in [1.165, 1.54) is 0 Å². The van der Waals surface area contributed by atoms with Gasteiger partial charge in [-0.2, -0.15) is 0 Å². The Labute approximate surface area is 87.2 Å². The molecule has 0 nitrogen and oxygen atoms in total. The third kappa shape index (κ3) is 20.2. The molecule has 0 aromatic rings. The third-order valence-corrected chi connectivity index (χ3v) is 0. The molecule has 0 bridgehead atoms. The van der Waals surface area contributed by atoms with Crippen molar-refractivity contribution >= 4 is 51.2 Å². The summed E-state index contributed by atoms with van der Waals surface area (Å²) in [5.41, 5.74) is 0. The number of hydrogen-bond donors (Lipinski definition) is 0. The topological polar surface area (TPSA) is 0 Å². The van der Waals surface area contributed by atoms with Crippen LogP contribution < -0.4 is 0 Å². The zero-order chi connectivity index (χ0) is 0. The first-order valence-electron chi connectivity index (χ1n) is 0. The SMILES string of the molecule is [Cu+2].[Ir+4].[Se-2].[Se-2].[Se-2]. The van der Waals surface area contributed by atoms with Gasteiger partial charge in [0.1, 0.15) is 0 Å². The van der Waals surface area contributed by atoms with Crippen LogP contribution in [-0.2, 0) is 37.2 Å². The standard InChI is InChI=1S/Cu.Ir.3Se/q+2;+4;3*-2. The maximum Gasteiger partial charge on any atom is 4.00 e. The van der Waals surface area contributed by atoms with Crippen molar-refractivity contribution in [3.05, 3.63) is 0 Å². The fraction of sp³-hybridized carbons (Fsp3) is 0. The van der Waals surface area contributed by atoms with Gasteiger partial charge in [0, 0.05) is 0 Å². The van der Waals surface area contributed by atoms with E-state index in [-0.39, 0.29) is 88.4 Å². The molecule has 38 valence electrons. The van der Waals surface area contributed by atoms with Gasteiger partial charge in [-0.25, -0.2) is 0 Å². The summed E-state index contributed by atoms with van der Waals surface area (Å²) in [7, 11) is 0. The van der Waals surface area contributed by atoms with Crippen molar-refractivity contribution in [1.82, 2.24) is 0 Å². The molecule has 0 heterocycles. The molecule has 5 heteroatoms. The maximum atomic E-state index is 0. The zero-order valence-corrected chi connectivity index (χ0v) is 10.3. The Morgan fingerprint density at radius 3 is 0.600 bits per heavy atom. The molecular formula is CuIrSe3. The van der Waals surface area contributed by atoms with E-state index in [2.05, 4.69) is 0 Å². The molecule has 0 aromatic carbocycles. The van der Waals surface area contributed by atoms with E-state index in [9.17, 15) is 0 Å². The van der Waals surface area contributed by atoms with Crippen molar-refractivity contribution in [2.24, 2.45) is 0 Å². The Bertz CT molecular complexity index is 6.85. The molecule has 0 unspecified atom stereocenters. The van der Waals surface area contributed by atoms with Gasteiger partial charge in [-0.3, -0.25) is 0 Å². The van der Waals surface area contributed by atoms with Crippen LogP contribution in [0.4, 0.5) is 0 Å². The van der Waals surface area contributed by atoms with Crippen molar-refractivity contribution < 1.29 is 37.2 Å². The Morgan fingerprint density at radius 2 is 0.600 bits per heavy atom. The van der Waals surface area contributed by atoms with E-state index in [1.54, 1.807) is 0 Å². The van der Waals surface area contributed by atoms with E-state index in [0.717, 1.165) is 0 Å². The molecule has 0 aliphatic rings. The van der Waals surface area contributed by atoms with Gasteiger partial charge in [-0.1, -0.05) is 0 Å². The maximum absolute atomic E-state index is 0. The second kappa shape index (κ2) is 29.7. The summed E-state index contributed by atoms with van der Waals surface area (Å²) in [4.78, 5) is 0. The van der Waals surface area contributed by atoms with Gasteiger partial charge < -0.3 is 51.2 Å². The summed E-state index contributed by atoms with van der Waals surface area (Å²) in [6, 6.07) is 0. The molecule has 0 N–H and O–H groups in total. The average molecular weight is 493 g/mol. The fourth-order valence-corrected chi connectivity index (χ4v) is 0. The second-order valence-electron chi connectivity index (χ2n) is 0. The molecule has 2 radical (unpaired) electrons. The van der Waals surface area contributed by atoms with Crippen molar-refractivity contribution in [2.75, 3.05) is 0 Å². The molecule has 0 amide bonds. The average Bonchev–Trinajstić information content (AvgIpc) is 0. The second-order valence-corrected chi connectivity index (χ2v) is 0. The van der Waals surface area contributed by atoms with E-state index >= 15 is 0 Å². The molecule has 0 fully saturated rings. The van der Waals surface area contributed by atoms with Crippen molar-refractivity contribution in [3.8, 4) is 0 Å². The number of rotatable bonds is 0. The first-order valence-corrected chi connectivity index (χ1v) is 0. The summed E-state index contributed by atoms with van der Waals surface area (Å²) < 4.78 is 0. The van der Waals surface area contributed by atoms with Crippen LogP contribution in [0.3, 0.4) is 0 Å². The summed E-state index contributed by atoms with van der Waals surface area (Å²) in [5, 5.41) is 0. The largest absolute Gasteiger partial charge is 4.00 e. The van der Waals surface area contributed by atoms with Crippen molar-refractivity contribution in [2.45, 2.75) is 0 Å². The molecule has 0 aliphatic heterocycles. The Kier molecular flexibility index (Phi) is 279. The van der Waals surface area contributed by atoms with Gasteiger partial charge >= 0.3 is 37.2 Å². The van der Waals surface area contributed by atoms with Crippen LogP contribution in [0.2, 0.25) is 0 Å². The van der Waals surface area contributed by atoms with Crippen molar-refractivity contribution in [3.63, 3.8) is 0 Å². The molecule has 5 heavy (non-hydrogen) atoms. The predicted octanol–water partition coefficient (Wildman–Crippen LogP) is -1.15. The summed E-state index contributed by atoms with van der Waals surface area (Å²) >= 11 is 0. The first-order chi connectivity index (χ1) is 0. The summed E-state index contributed by atoms with van der Waals surface area (Å²) in [6.45, 7) is 0. The molecule has 0 atom stereocenters. The molecule has 0 aliphatic carbocycles. The van der Waals surface area contributed by atoms with Gasteiger partial charge in [-0.05, 0) is 0 Å². The van der Waals surface area contributed by atoms with Crippen LogP contribution >= 0.6 is 0 Å². The predicted molar refractivity (Wildman–Crippen MR) is 17.3 cm³/mol. The zero-order valence-electron chi connectivity index (χ0n) is 1.86. The van der Waals surface area contributed by atoms with E-state index in [0.29, 0.717) is 0 Å². The minimum Gasteiger partial charge on any atom is -2.00 e. The number of hydrogen-bond acceptors (Lipinski definition) is 0. The minimum absolute atomic E-state index is 0. The molecule has 0 rings (SSSR count). The molecule has 0 aromatic heterocycles. The summed E-state index contributed by atoms with van der Waals surface area (Å²) in [5.74, 6) is 0. The molecular weight excluding hydrogens is 493 g/mol. The van der Waals surface area contributed by atoms with Crippen LogP contribution in [0.25, 0.3) is 0 Å². The third-order valence-electron chi connectivity index (χ3n) is 0. The van der Waals surface area contributed by atoms with Crippen LogP contribution in [0.1, 0.15) is 0 Å². The van der Waals surface area contributed by atoms with Gasteiger partial charge in [0.05, 0.1) is 0 Å². The Hall–Kier alpha value is 2.73. The Morgan fingerprint density at radius 1 is 0.600 bits per heavy atom. The van der Waals surface area contributed by atoms with Gasteiger partial charge in [0.15, 0.2) is 0 Å². The van der Waals surface area contributed by atoms with Crippen molar-refractivity contribution in [1.29, 1.82) is 0 Å². The van der Waals surface area contributed by atoms with Gasteiger partial charge in [-0.15, -0.1) is 0 Å². The van der Waals surface area contributed by atoms with E-state index in [4.69, 9.17) is 0 Å². The molecule has 0 saturated heterocycles. The van der Waals surface area contributed by atoms with Crippen LogP contribution in [0.15, 0.2) is 0 Å². The van der Waals surface area contributed by atoms with Crippen LogP contribution in [-0.4, -0.2) is 51.2 Å². The van der Waals surface area contributed by atoms with E-state index in [1.807, 2.05) is 0 Å².